The standard InChI is InChI=1S/C24H33N5O3/c1-18-16-22(27-24(25-18)26-19-8-4-3-5-9-19)28-12-14-29(15-13-28)23(30)17-32-21-11-7-6-10-20(21)31-2/h6-7,10-11,16,19H,3-5,8-9,12-15,17H2,1-2H3,(H,25,26,27). The van der Waals surface area contributed by atoms with Gasteiger partial charge in [0.05, 0.1) is 7.11 Å². The zero-order chi connectivity index (χ0) is 22.3. The van der Waals surface area contributed by atoms with E-state index in [4.69, 9.17) is 14.5 Å². The van der Waals surface area contributed by atoms with Crippen molar-refractivity contribution in [1.29, 1.82) is 0 Å². The van der Waals surface area contributed by atoms with Crippen LogP contribution in [-0.4, -0.2) is 66.7 Å². The van der Waals surface area contributed by atoms with Crippen molar-refractivity contribution >= 4 is 17.7 Å². The number of rotatable bonds is 7. The van der Waals surface area contributed by atoms with Crippen molar-refractivity contribution in [2.45, 2.75) is 45.1 Å². The van der Waals surface area contributed by atoms with E-state index in [1.807, 2.05) is 36.1 Å². The van der Waals surface area contributed by atoms with E-state index in [0.717, 1.165) is 30.5 Å². The number of para-hydroxylation sites is 2. The topological polar surface area (TPSA) is 79.8 Å². The summed E-state index contributed by atoms with van der Waals surface area (Å²) in [5.41, 5.74) is 0.956. The second-order valence-corrected chi connectivity index (χ2v) is 8.48. The molecule has 1 aromatic heterocycles. The van der Waals surface area contributed by atoms with Gasteiger partial charge in [-0.15, -0.1) is 0 Å². The number of hydrogen-bond donors (Lipinski definition) is 1. The highest BCUT2D eigenvalue weighted by molar-refractivity contribution is 5.78. The molecule has 0 bridgehead atoms. The summed E-state index contributed by atoms with van der Waals surface area (Å²) in [6.45, 7) is 4.76. The summed E-state index contributed by atoms with van der Waals surface area (Å²) in [7, 11) is 1.59. The lowest BCUT2D eigenvalue weighted by Gasteiger charge is -2.35. The van der Waals surface area contributed by atoms with Crippen molar-refractivity contribution in [2.75, 3.05) is 50.1 Å². The van der Waals surface area contributed by atoms with Gasteiger partial charge in [0.15, 0.2) is 18.1 Å². The van der Waals surface area contributed by atoms with Crippen LogP contribution in [0.25, 0.3) is 0 Å². The molecule has 0 atom stereocenters. The molecule has 8 heteroatoms. The maximum atomic E-state index is 12.6. The van der Waals surface area contributed by atoms with Crippen LogP contribution >= 0.6 is 0 Å². The number of nitrogens with zero attached hydrogens (tertiary/aromatic N) is 4. The van der Waals surface area contributed by atoms with Crippen LogP contribution in [0.1, 0.15) is 37.8 Å². The molecule has 1 aromatic carbocycles. The molecule has 8 nitrogen and oxygen atoms in total. The van der Waals surface area contributed by atoms with Crippen LogP contribution in [0.2, 0.25) is 0 Å². The van der Waals surface area contributed by atoms with Crippen LogP contribution < -0.4 is 19.7 Å². The summed E-state index contributed by atoms with van der Waals surface area (Å²) >= 11 is 0. The predicted molar refractivity (Wildman–Crippen MR) is 125 cm³/mol. The van der Waals surface area contributed by atoms with E-state index in [2.05, 4.69) is 15.2 Å². The minimum atomic E-state index is -0.0194. The van der Waals surface area contributed by atoms with Crippen molar-refractivity contribution in [1.82, 2.24) is 14.9 Å². The largest absolute Gasteiger partial charge is 0.493 e. The van der Waals surface area contributed by atoms with Crippen LogP contribution in [0.3, 0.4) is 0 Å². The van der Waals surface area contributed by atoms with E-state index in [0.29, 0.717) is 30.6 Å². The first-order valence-corrected chi connectivity index (χ1v) is 11.5. The normalized spacial score (nSPS) is 17.2. The highest BCUT2D eigenvalue weighted by Gasteiger charge is 2.23. The maximum Gasteiger partial charge on any atom is 0.260 e. The molecule has 1 amide bonds. The summed E-state index contributed by atoms with van der Waals surface area (Å²) in [4.78, 5) is 26.1. The number of piperazine rings is 1. The molecule has 1 saturated heterocycles. The van der Waals surface area contributed by atoms with Crippen molar-refractivity contribution in [3.63, 3.8) is 0 Å². The van der Waals surface area contributed by atoms with Gasteiger partial charge in [-0.3, -0.25) is 4.79 Å². The van der Waals surface area contributed by atoms with Gasteiger partial charge in [-0.25, -0.2) is 4.98 Å². The van der Waals surface area contributed by atoms with Crippen LogP contribution in [0.4, 0.5) is 11.8 Å². The van der Waals surface area contributed by atoms with Crippen molar-refractivity contribution in [2.24, 2.45) is 0 Å². The number of carbonyl (C=O) groups excluding carboxylic acids is 1. The van der Waals surface area contributed by atoms with E-state index in [-0.39, 0.29) is 12.5 Å². The highest BCUT2D eigenvalue weighted by Crippen LogP contribution is 2.26. The van der Waals surface area contributed by atoms with Gasteiger partial charge in [-0.1, -0.05) is 31.4 Å². The van der Waals surface area contributed by atoms with Gasteiger partial charge in [0.25, 0.3) is 5.91 Å². The average molecular weight is 440 g/mol. The third-order valence-corrected chi connectivity index (χ3v) is 6.16. The Hall–Kier alpha value is -3.03. The smallest absolute Gasteiger partial charge is 0.260 e. The van der Waals surface area contributed by atoms with Gasteiger partial charge in [-0.05, 0) is 31.9 Å². The van der Waals surface area contributed by atoms with E-state index in [1.165, 1.54) is 32.1 Å². The lowest BCUT2D eigenvalue weighted by molar-refractivity contribution is -0.133. The minimum Gasteiger partial charge on any atom is -0.493 e. The van der Waals surface area contributed by atoms with Gasteiger partial charge in [0, 0.05) is 44.0 Å². The van der Waals surface area contributed by atoms with Crippen LogP contribution in [0.15, 0.2) is 30.3 Å². The Bertz CT molecular complexity index is 908. The number of benzene rings is 1. The molecule has 4 rings (SSSR count). The fourth-order valence-electron chi connectivity index (χ4n) is 4.36. The zero-order valence-corrected chi connectivity index (χ0v) is 19.0. The maximum absolute atomic E-state index is 12.6. The number of methoxy groups -OCH3 is 1. The molecule has 2 heterocycles. The van der Waals surface area contributed by atoms with Crippen molar-refractivity contribution in [3.8, 4) is 11.5 Å². The SMILES string of the molecule is COc1ccccc1OCC(=O)N1CCN(c2cc(C)nc(NC3CCCCC3)n2)CC1. The monoisotopic (exact) mass is 439 g/mol. The van der Waals surface area contributed by atoms with Crippen LogP contribution in [-0.2, 0) is 4.79 Å². The Labute approximate surface area is 189 Å². The molecular formula is C24H33N5O3. The lowest BCUT2D eigenvalue weighted by atomic mass is 9.96. The molecule has 2 aromatic rings. The fraction of sp³-hybridized carbons (Fsp3) is 0.542. The first-order valence-electron chi connectivity index (χ1n) is 11.5. The van der Waals surface area contributed by atoms with Crippen molar-refractivity contribution < 1.29 is 14.3 Å². The summed E-state index contributed by atoms with van der Waals surface area (Å²) in [5.74, 6) is 2.83. The fourth-order valence-corrected chi connectivity index (χ4v) is 4.36. The minimum absolute atomic E-state index is 0.00243. The van der Waals surface area contributed by atoms with Gasteiger partial charge in [0.2, 0.25) is 5.95 Å². The quantitative estimate of drug-likeness (QED) is 0.709. The van der Waals surface area contributed by atoms with E-state index in [1.54, 1.807) is 13.2 Å². The molecule has 172 valence electrons. The number of hydrogen-bond acceptors (Lipinski definition) is 7. The molecule has 0 radical (unpaired) electrons. The molecule has 0 spiro atoms. The Morgan fingerprint density at radius 3 is 2.50 bits per heavy atom. The number of aromatic nitrogens is 2. The second-order valence-electron chi connectivity index (χ2n) is 8.48. The molecular weight excluding hydrogens is 406 g/mol. The Kier molecular flexibility index (Phi) is 7.29. The zero-order valence-electron chi connectivity index (χ0n) is 19.0. The average Bonchev–Trinajstić information content (AvgIpc) is 2.83. The van der Waals surface area contributed by atoms with Crippen LogP contribution in [0, 0.1) is 6.92 Å². The summed E-state index contributed by atoms with van der Waals surface area (Å²) in [6.07, 6.45) is 6.24. The Balaban J connectivity index is 1.30. The number of amides is 1. The molecule has 32 heavy (non-hydrogen) atoms. The van der Waals surface area contributed by atoms with Crippen LogP contribution in [0.5, 0.6) is 11.5 Å². The Morgan fingerprint density at radius 2 is 1.78 bits per heavy atom. The Morgan fingerprint density at radius 1 is 1.06 bits per heavy atom. The molecule has 1 aliphatic heterocycles. The van der Waals surface area contributed by atoms with Gasteiger partial charge in [-0.2, -0.15) is 4.98 Å². The van der Waals surface area contributed by atoms with Gasteiger partial charge >= 0.3 is 0 Å². The molecule has 1 saturated carbocycles. The van der Waals surface area contributed by atoms with Gasteiger partial charge in [0.1, 0.15) is 5.82 Å². The lowest BCUT2D eigenvalue weighted by Crippen LogP contribution is -2.50. The summed E-state index contributed by atoms with van der Waals surface area (Å²) in [5, 5.41) is 3.53. The number of anilines is 2. The second kappa shape index (κ2) is 10.5. The van der Waals surface area contributed by atoms with E-state index in [9.17, 15) is 4.79 Å². The number of aryl methyl sites for hydroxylation is 1. The molecule has 2 fully saturated rings. The number of nitrogens with one attached hydrogen (secondary N) is 1. The third-order valence-electron chi connectivity index (χ3n) is 6.16. The first-order chi connectivity index (χ1) is 15.6. The molecule has 0 unspecified atom stereocenters. The summed E-state index contributed by atoms with van der Waals surface area (Å²) < 4.78 is 11.0. The highest BCUT2D eigenvalue weighted by atomic mass is 16.5. The van der Waals surface area contributed by atoms with Crippen molar-refractivity contribution in [3.05, 3.63) is 36.0 Å². The van der Waals surface area contributed by atoms with E-state index >= 15 is 0 Å². The molecule has 2 aliphatic rings. The predicted octanol–water partition coefficient (Wildman–Crippen LogP) is 3.27. The van der Waals surface area contributed by atoms with E-state index < -0.39 is 0 Å². The molecule has 1 aliphatic carbocycles. The molecule has 1 N–H and O–H groups in total. The third kappa shape index (κ3) is 5.60. The number of ether oxygens (including phenoxy) is 2. The van der Waals surface area contributed by atoms with Gasteiger partial charge < -0.3 is 24.6 Å². The first kappa shape index (κ1) is 22.2. The summed E-state index contributed by atoms with van der Waals surface area (Å²) in [6, 6.07) is 9.85. The number of carbonyl (C=O) groups is 1.